The van der Waals surface area contributed by atoms with Gasteiger partial charge in [-0.15, -0.1) is 5.10 Å². The van der Waals surface area contributed by atoms with Gasteiger partial charge in [0.2, 0.25) is 0 Å². The van der Waals surface area contributed by atoms with E-state index < -0.39 is 5.97 Å². The SMILES string of the molecule is CCOC(=O)c1cnn(-c2ccc3ccccc3n2)c1Nc1ccc(C)nn1. The minimum Gasteiger partial charge on any atom is -0.462 e. The van der Waals surface area contributed by atoms with Gasteiger partial charge in [0.1, 0.15) is 5.56 Å². The van der Waals surface area contributed by atoms with Crippen molar-refractivity contribution < 1.29 is 9.53 Å². The van der Waals surface area contributed by atoms with Crippen LogP contribution in [0.2, 0.25) is 0 Å². The molecule has 0 saturated heterocycles. The van der Waals surface area contributed by atoms with Crippen molar-refractivity contribution in [2.45, 2.75) is 13.8 Å². The smallest absolute Gasteiger partial charge is 0.343 e. The standard InChI is InChI=1S/C20H18N6O2/c1-3-28-20(27)15-12-21-26(19(15)23-17-10-8-13(2)24-25-17)18-11-9-14-6-4-5-7-16(14)22-18/h4-12H,3H2,1-2H3,(H,23,25). The fourth-order valence-corrected chi connectivity index (χ4v) is 2.76. The van der Waals surface area contributed by atoms with E-state index in [0.29, 0.717) is 23.0 Å². The number of pyridine rings is 1. The largest absolute Gasteiger partial charge is 0.462 e. The molecule has 3 heterocycles. The number of carbonyl (C=O) groups excluding carboxylic acids is 1. The zero-order valence-corrected chi connectivity index (χ0v) is 15.5. The maximum atomic E-state index is 12.4. The molecule has 0 aliphatic rings. The van der Waals surface area contributed by atoms with Crippen LogP contribution >= 0.6 is 0 Å². The van der Waals surface area contributed by atoms with Gasteiger partial charge >= 0.3 is 5.97 Å². The van der Waals surface area contributed by atoms with Crippen LogP contribution in [0.15, 0.2) is 54.7 Å². The van der Waals surface area contributed by atoms with E-state index in [9.17, 15) is 4.79 Å². The molecule has 0 saturated carbocycles. The maximum Gasteiger partial charge on any atom is 0.343 e. The molecule has 0 radical (unpaired) electrons. The Morgan fingerprint density at radius 1 is 1.11 bits per heavy atom. The maximum absolute atomic E-state index is 12.4. The van der Waals surface area contributed by atoms with Crippen molar-refractivity contribution in [3.05, 3.63) is 66.0 Å². The molecule has 0 bridgehead atoms. The van der Waals surface area contributed by atoms with Crippen LogP contribution in [0.1, 0.15) is 23.0 Å². The van der Waals surface area contributed by atoms with E-state index in [1.54, 1.807) is 17.7 Å². The first-order chi connectivity index (χ1) is 13.7. The fourth-order valence-electron chi connectivity index (χ4n) is 2.76. The number of aromatic nitrogens is 5. The summed E-state index contributed by atoms with van der Waals surface area (Å²) < 4.78 is 6.71. The number of fused-ring (bicyclic) bond motifs is 1. The van der Waals surface area contributed by atoms with Gasteiger partial charge < -0.3 is 10.1 Å². The number of para-hydroxylation sites is 1. The second-order valence-corrected chi connectivity index (χ2v) is 6.09. The minimum absolute atomic E-state index is 0.266. The van der Waals surface area contributed by atoms with Gasteiger partial charge in [-0.1, -0.05) is 18.2 Å². The van der Waals surface area contributed by atoms with Gasteiger partial charge in [-0.25, -0.2) is 9.78 Å². The van der Waals surface area contributed by atoms with Gasteiger partial charge in [0.15, 0.2) is 17.5 Å². The predicted molar refractivity (Wildman–Crippen MR) is 105 cm³/mol. The first-order valence-electron chi connectivity index (χ1n) is 8.84. The molecule has 0 fully saturated rings. The molecule has 4 rings (SSSR count). The van der Waals surface area contributed by atoms with E-state index in [4.69, 9.17) is 4.74 Å². The molecule has 8 nitrogen and oxygen atoms in total. The molecule has 8 heteroatoms. The molecular formula is C20H18N6O2. The van der Waals surface area contributed by atoms with Gasteiger partial charge in [-0.3, -0.25) is 0 Å². The number of hydrogen-bond donors (Lipinski definition) is 1. The zero-order chi connectivity index (χ0) is 19.5. The Morgan fingerprint density at radius 3 is 2.75 bits per heavy atom. The Labute approximate surface area is 161 Å². The lowest BCUT2D eigenvalue weighted by Gasteiger charge is -2.11. The number of nitrogens with zero attached hydrogens (tertiary/aromatic N) is 5. The lowest BCUT2D eigenvalue weighted by atomic mass is 10.2. The molecule has 3 aromatic heterocycles. The van der Waals surface area contributed by atoms with E-state index in [1.807, 2.05) is 49.4 Å². The van der Waals surface area contributed by atoms with Gasteiger partial charge in [0, 0.05) is 5.39 Å². The zero-order valence-electron chi connectivity index (χ0n) is 15.5. The first-order valence-corrected chi connectivity index (χ1v) is 8.84. The third-order valence-electron chi connectivity index (χ3n) is 4.11. The number of benzene rings is 1. The Bertz CT molecular complexity index is 1140. The van der Waals surface area contributed by atoms with E-state index in [-0.39, 0.29) is 6.61 Å². The van der Waals surface area contributed by atoms with Gasteiger partial charge in [-0.05, 0) is 44.2 Å². The summed E-state index contributed by atoms with van der Waals surface area (Å²) in [5, 5.41) is 16.6. The summed E-state index contributed by atoms with van der Waals surface area (Å²) in [4.78, 5) is 17.0. The number of esters is 1. The molecule has 0 atom stereocenters. The fraction of sp³-hybridized carbons (Fsp3) is 0.150. The number of rotatable bonds is 5. The van der Waals surface area contributed by atoms with Crippen molar-refractivity contribution in [1.29, 1.82) is 0 Å². The van der Waals surface area contributed by atoms with Crippen LogP contribution < -0.4 is 5.32 Å². The van der Waals surface area contributed by atoms with Crippen LogP contribution in [0.25, 0.3) is 16.7 Å². The Morgan fingerprint density at radius 2 is 1.96 bits per heavy atom. The van der Waals surface area contributed by atoms with Gasteiger partial charge in [0.05, 0.1) is 24.0 Å². The summed E-state index contributed by atoms with van der Waals surface area (Å²) in [5.74, 6) is 0.993. The van der Waals surface area contributed by atoms with Gasteiger partial charge in [0.25, 0.3) is 0 Å². The minimum atomic E-state index is -0.475. The van der Waals surface area contributed by atoms with E-state index in [2.05, 4.69) is 25.6 Å². The molecule has 0 aliphatic heterocycles. The summed E-state index contributed by atoms with van der Waals surface area (Å²) in [5.41, 5.74) is 1.91. The molecule has 1 aromatic carbocycles. The van der Waals surface area contributed by atoms with Crippen LogP contribution in [0.4, 0.5) is 11.6 Å². The van der Waals surface area contributed by atoms with Crippen LogP contribution in [0, 0.1) is 6.92 Å². The van der Waals surface area contributed by atoms with Crippen LogP contribution in [0.5, 0.6) is 0 Å². The normalized spacial score (nSPS) is 10.8. The molecule has 0 unspecified atom stereocenters. The number of aryl methyl sites for hydroxylation is 1. The highest BCUT2D eigenvalue weighted by molar-refractivity contribution is 5.95. The third-order valence-corrected chi connectivity index (χ3v) is 4.11. The first kappa shape index (κ1) is 17.6. The second kappa shape index (κ2) is 7.43. The lowest BCUT2D eigenvalue weighted by Crippen LogP contribution is -2.11. The Kier molecular flexibility index (Phi) is 4.67. The molecule has 0 spiro atoms. The number of hydrogen-bond acceptors (Lipinski definition) is 7. The average Bonchev–Trinajstić information content (AvgIpc) is 3.13. The topological polar surface area (TPSA) is 94.8 Å². The quantitative estimate of drug-likeness (QED) is 0.535. The van der Waals surface area contributed by atoms with Crippen LogP contribution in [0.3, 0.4) is 0 Å². The molecule has 4 aromatic rings. The van der Waals surface area contributed by atoms with Crippen molar-refractivity contribution in [1.82, 2.24) is 25.0 Å². The number of carbonyl (C=O) groups is 1. The van der Waals surface area contributed by atoms with Crippen molar-refractivity contribution >= 4 is 28.5 Å². The third kappa shape index (κ3) is 3.39. The van der Waals surface area contributed by atoms with Crippen LogP contribution in [-0.4, -0.2) is 37.5 Å². The summed E-state index contributed by atoms with van der Waals surface area (Å²) >= 11 is 0. The van der Waals surface area contributed by atoms with Crippen LogP contribution in [-0.2, 0) is 4.74 Å². The molecule has 1 N–H and O–H groups in total. The summed E-state index contributed by atoms with van der Waals surface area (Å²) in [6.45, 7) is 3.87. The second-order valence-electron chi connectivity index (χ2n) is 6.09. The van der Waals surface area contributed by atoms with Crippen molar-refractivity contribution in [2.75, 3.05) is 11.9 Å². The number of ether oxygens (including phenoxy) is 1. The summed E-state index contributed by atoms with van der Waals surface area (Å²) in [6.07, 6.45) is 1.46. The Hall–Kier alpha value is -3.81. The number of anilines is 2. The average molecular weight is 374 g/mol. The summed E-state index contributed by atoms with van der Waals surface area (Å²) in [6, 6.07) is 15.2. The molecule has 0 amide bonds. The lowest BCUT2D eigenvalue weighted by molar-refractivity contribution is 0.0527. The van der Waals surface area contributed by atoms with E-state index >= 15 is 0 Å². The molecular weight excluding hydrogens is 356 g/mol. The highest BCUT2D eigenvalue weighted by Gasteiger charge is 2.21. The van der Waals surface area contributed by atoms with E-state index in [1.165, 1.54) is 6.20 Å². The number of nitrogens with one attached hydrogen (secondary N) is 1. The van der Waals surface area contributed by atoms with E-state index in [0.717, 1.165) is 16.6 Å². The van der Waals surface area contributed by atoms with Crippen molar-refractivity contribution in [3.63, 3.8) is 0 Å². The monoisotopic (exact) mass is 374 g/mol. The van der Waals surface area contributed by atoms with Crippen molar-refractivity contribution in [2.24, 2.45) is 0 Å². The summed E-state index contributed by atoms with van der Waals surface area (Å²) in [7, 11) is 0. The van der Waals surface area contributed by atoms with Crippen molar-refractivity contribution in [3.8, 4) is 5.82 Å². The highest BCUT2D eigenvalue weighted by atomic mass is 16.5. The highest BCUT2D eigenvalue weighted by Crippen LogP contribution is 2.24. The Balaban J connectivity index is 1.81. The van der Waals surface area contributed by atoms with Gasteiger partial charge in [-0.2, -0.15) is 14.9 Å². The molecule has 140 valence electrons. The molecule has 28 heavy (non-hydrogen) atoms. The molecule has 0 aliphatic carbocycles. The predicted octanol–water partition coefficient (Wildman–Crippen LogP) is 3.44.